The lowest BCUT2D eigenvalue weighted by Crippen LogP contribution is -2.48. The predicted molar refractivity (Wildman–Crippen MR) is 85.6 cm³/mol. The van der Waals surface area contributed by atoms with Crippen LogP contribution in [0, 0.1) is 5.41 Å². The fourth-order valence-electron chi connectivity index (χ4n) is 4.10. The van der Waals surface area contributed by atoms with E-state index in [0.717, 1.165) is 25.5 Å². The minimum atomic E-state index is -4.37. The first-order valence-electron chi connectivity index (χ1n) is 8.44. The zero-order valence-electron chi connectivity index (χ0n) is 14.0. The first-order chi connectivity index (χ1) is 11.3. The van der Waals surface area contributed by atoms with Gasteiger partial charge in [-0.1, -0.05) is 18.2 Å². The quantitative estimate of drug-likeness (QED) is 0.895. The molecule has 1 aromatic carbocycles. The van der Waals surface area contributed by atoms with Crippen LogP contribution in [0.25, 0.3) is 0 Å². The molecule has 1 aromatic rings. The summed E-state index contributed by atoms with van der Waals surface area (Å²) in [4.78, 5) is 14.9. The normalized spacial score (nSPS) is 28.2. The molecule has 1 spiro atoms. The van der Waals surface area contributed by atoms with Crippen molar-refractivity contribution in [2.45, 2.75) is 44.8 Å². The van der Waals surface area contributed by atoms with Crippen molar-refractivity contribution in [3.63, 3.8) is 0 Å². The summed E-state index contributed by atoms with van der Waals surface area (Å²) >= 11 is 0. The smallest absolute Gasteiger partial charge is 0.339 e. The monoisotopic (exact) mass is 340 g/mol. The first kappa shape index (κ1) is 17.3. The molecule has 0 radical (unpaired) electrons. The molecular weight excluding hydrogens is 317 g/mol. The van der Waals surface area contributed by atoms with E-state index in [1.54, 1.807) is 6.07 Å². The van der Waals surface area contributed by atoms with Crippen LogP contribution >= 0.6 is 0 Å². The van der Waals surface area contributed by atoms with Crippen molar-refractivity contribution in [1.82, 2.24) is 10.2 Å². The number of nitrogens with zero attached hydrogens (tertiary/aromatic N) is 1. The zero-order chi connectivity index (χ0) is 17.5. The number of hydrogen-bond donors (Lipinski definition) is 1. The van der Waals surface area contributed by atoms with E-state index in [1.807, 2.05) is 18.7 Å². The number of rotatable bonds is 2. The van der Waals surface area contributed by atoms with E-state index in [0.29, 0.717) is 18.7 Å². The van der Waals surface area contributed by atoms with E-state index in [4.69, 9.17) is 0 Å². The van der Waals surface area contributed by atoms with Crippen LogP contribution in [0.5, 0.6) is 0 Å². The van der Waals surface area contributed by atoms with Gasteiger partial charge in [0.1, 0.15) is 0 Å². The third-order valence-electron chi connectivity index (χ3n) is 5.39. The van der Waals surface area contributed by atoms with Crippen LogP contribution in [0.4, 0.5) is 13.2 Å². The molecule has 0 bridgehead atoms. The van der Waals surface area contributed by atoms with Gasteiger partial charge in [-0.3, -0.25) is 4.79 Å². The Labute approximate surface area is 140 Å². The highest BCUT2D eigenvalue weighted by Gasteiger charge is 2.55. The van der Waals surface area contributed by atoms with Gasteiger partial charge < -0.3 is 10.2 Å². The third kappa shape index (κ3) is 2.81. The van der Waals surface area contributed by atoms with Gasteiger partial charge in [0.25, 0.3) is 0 Å². The molecule has 0 saturated carbocycles. The van der Waals surface area contributed by atoms with Crippen LogP contribution in [0.3, 0.4) is 0 Å². The van der Waals surface area contributed by atoms with E-state index in [2.05, 4.69) is 5.32 Å². The predicted octanol–water partition coefficient (Wildman–Crippen LogP) is 3.41. The van der Waals surface area contributed by atoms with Gasteiger partial charge >= 0.3 is 6.18 Å². The summed E-state index contributed by atoms with van der Waals surface area (Å²) in [5.41, 5.74) is -0.647. The van der Waals surface area contributed by atoms with E-state index in [1.165, 1.54) is 12.1 Å². The van der Waals surface area contributed by atoms with Gasteiger partial charge in [0.15, 0.2) is 0 Å². The lowest BCUT2D eigenvalue weighted by molar-refractivity contribution is -0.138. The zero-order valence-corrected chi connectivity index (χ0v) is 14.0. The molecule has 1 amide bonds. The van der Waals surface area contributed by atoms with Gasteiger partial charge in [-0.15, -0.1) is 0 Å². The Morgan fingerprint density at radius 3 is 2.67 bits per heavy atom. The number of nitrogens with one attached hydrogen (secondary N) is 1. The van der Waals surface area contributed by atoms with Crippen LogP contribution < -0.4 is 5.32 Å². The molecule has 0 unspecified atom stereocenters. The highest BCUT2D eigenvalue weighted by molar-refractivity contribution is 5.87. The van der Waals surface area contributed by atoms with Crippen LogP contribution in [-0.2, 0) is 11.0 Å². The molecule has 1 N–H and O–H groups in total. The molecular formula is C18H23F3N2O. The highest BCUT2D eigenvalue weighted by Crippen LogP contribution is 2.49. The van der Waals surface area contributed by atoms with E-state index in [-0.39, 0.29) is 17.9 Å². The van der Waals surface area contributed by atoms with Crippen LogP contribution in [0.2, 0.25) is 0 Å². The summed E-state index contributed by atoms with van der Waals surface area (Å²) in [6.07, 6.45) is -2.77. The molecule has 24 heavy (non-hydrogen) atoms. The van der Waals surface area contributed by atoms with Gasteiger partial charge in [-0.2, -0.15) is 13.2 Å². The average molecular weight is 340 g/mol. The molecule has 132 valence electrons. The van der Waals surface area contributed by atoms with Gasteiger partial charge in [0.05, 0.1) is 11.0 Å². The lowest BCUT2D eigenvalue weighted by Gasteiger charge is -2.37. The Bertz CT molecular complexity index is 621. The fourth-order valence-corrected chi connectivity index (χ4v) is 4.10. The van der Waals surface area contributed by atoms with Crippen molar-refractivity contribution in [2.75, 3.05) is 19.6 Å². The Morgan fingerprint density at radius 2 is 2.08 bits per heavy atom. The van der Waals surface area contributed by atoms with E-state index < -0.39 is 17.2 Å². The summed E-state index contributed by atoms with van der Waals surface area (Å²) in [5.74, 6) is -0.130. The number of benzene rings is 1. The molecule has 6 heteroatoms. The van der Waals surface area contributed by atoms with Crippen LogP contribution in [0.15, 0.2) is 24.3 Å². The maximum absolute atomic E-state index is 13.1. The van der Waals surface area contributed by atoms with Crippen molar-refractivity contribution in [3.8, 4) is 0 Å². The number of carbonyl (C=O) groups is 1. The molecule has 2 saturated heterocycles. The SMILES string of the molecule is CC(C)N1C[C@@H](c2cccc(C(F)(F)F)c2)[C@@]2(CCCNC2)C1=O. The van der Waals surface area contributed by atoms with Gasteiger partial charge in [0, 0.05) is 25.0 Å². The largest absolute Gasteiger partial charge is 0.416 e. The van der Waals surface area contributed by atoms with Crippen molar-refractivity contribution < 1.29 is 18.0 Å². The molecule has 3 rings (SSSR count). The molecule has 2 aliphatic rings. The minimum absolute atomic E-state index is 0.0482. The number of likely N-dealkylation sites (tertiary alicyclic amines) is 1. The maximum atomic E-state index is 13.1. The Kier molecular flexibility index (Phi) is 4.36. The molecule has 2 fully saturated rings. The van der Waals surface area contributed by atoms with E-state index in [9.17, 15) is 18.0 Å². The number of halogens is 3. The number of alkyl halides is 3. The van der Waals surface area contributed by atoms with E-state index >= 15 is 0 Å². The summed E-state index contributed by atoms with van der Waals surface area (Å²) < 4.78 is 39.2. The second-order valence-corrected chi connectivity index (χ2v) is 7.16. The van der Waals surface area contributed by atoms with Crippen LogP contribution in [0.1, 0.15) is 43.7 Å². The summed E-state index contributed by atoms with van der Waals surface area (Å²) in [6.45, 7) is 5.79. The third-order valence-corrected chi connectivity index (χ3v) is 5.39. The lowest BCUT2D eigenvalue weighted by atomic mass is 9.69. The summed E-state index contributed by atoms with van der Waals surface area (Å²) in [6, 6.07) is 5.54. The Balaban J connectivity index is 2.03. The molecule has 2 aliphatic heterocycles. The minimum Gasteiger partial charge on any atom is -0.339 e. The molecule has 2 heterocycles. The Hall–Kier alpha value is -1.56. The number of carbonyl (C=O) groups excluding carboxylic acids is 1. The first-order valence-corrected chi connectivity index (χ1v) is 8.44. The molecule has 0 aliphatic carbocycles. The van der Waals surface area contributed by atoms with Crippen LogP contribution in [-0.4, -0.2) is 36.5 Å². The molecule has 0 aromatic heterocycles. The van der Waals surface area contributed by atoms with Crippen molar-refractivity contribution in [2.24, 2.45) is 5.41 Å². The molecule has 2 atom stereocenters. The number of piperidine rings is 1. The summed E-state index contributed by atoms with van der Waals surface area (Å²) in [5, 5.41) is 3.28. The van der Waals surface area contributed by atoms with Crippen molar-refractivity contribution in [1.29, 1.82) is 0 Å². The maximum Gasteiger partial charge on any atom is 0.416 e. The fraction of sp³-hybridized carbons (Fsp3) is 0.611. The second kappa shape index (κ2) is 6.06. The Morgan fingerprint density at radius 1 is 1.33 bits per heavy atom. The van der Waals surface area contributed by atoms with Crippen molar-refractivity contribution in [3.05, 3.63) is 35.4 Å². The van der Waals surface area contributed by atoms with Gasteiger partial charge in [-0.25, -0.2) is 0 Å². The number of amides is 1. The van der Waals surface area contributed by atoms with Crippen molar-refractivity contribution >= 4 is 5.91 Å². The topological polar surface area (TPSA) is 32.3 Å². The number of hydrogen-bond acceptors (Lipinski definition) is 2. The summed E-state index contributed by atoms with van der Waals surface area (Å²) in [7, 11) is 0. The average Bonchev–Trinajstić information content (AvgIpc) is 2.81. The highest BCUT2D eigenvalue weighted by atomic mass is 19.4. The molecule has 3 nitrogen and oxygen atoms in total. The standard InChI is InChI=1S/C18H23F3N2O/c1-12(2)23-10-15(17(16(23)24)7-4-8-22-11-17)13-5-3-6-14(9-13)18(19,20)21/h3,5-6,9,12,15,22H,4,7-8,10-11H2,1-2H3/t15-,17-/m0/s1. The van der Waals surface area contributed by atoms with Gasteiger partial charge in [-0.05, 0) is 44.9 Å². The second-order valence-electron chi connectivity index (χ2n) is 7.16. The van der Waals surface area contributed by atoms with Gasteiger partial charge in [0.2, 0.25) is 5.91 Å².